The monoisotopic (exact) mass is 404 g/mol. The van der Waals surface area contributed by atoms with E-state index in [2.05, 4.69) is 15.6 Å². The molecular weight excluding hydrogens is 368 g/mol. The number of ether oxygens (including phenoxy) is 2. The first-order chi connectivity index (χ1) is 14.1. The van der Waals surface area contributed by atoms with Crippen LogP contribution < -0.4 is 21.1 Å². The highest BCUT2D eigenvalue weighted by Crippen LogP contribution is 2.40. The molecule has 162 valence electrons. The molecule has 1 amide bonds. The summed E-state index contributed by atoms with van der Waals surface area (Å²) in [4.78, 5) is 15.1. The summed E-state index contributed by atoms with van der Waals surface area (Å²) >= 11 is 0. The minimum absolute atomic E-state index is 0.102. The van der Waals surface area contributed by atoms with E-state index in [1.165, 1.54) is 31.2 Å². The predicted octanol–water partition coefficient (Wildman–Crippen LogP) is 2.25. The maximum atomic E-state index is 10.8. The number of rotatable bonds is 12. The minimum Gasteiger partial charge on any atom is -0.484 e. The molecule has 1 aromatic rings. The molecule has 2 rings (SSSR count). The molecule has 4 N–H and O–H groups in total. The van der Waals surface area contributed by atoms with Gasteiger partial charge in [0.1, 0.15) is 5.75 Å². The minimum atomic E-state index is -0.477. The topological polar surface area (TPSA) is 98.0 Å². The number of guanidine groups is 1. The van der Waals surface area contributed by atoms with Crippen LogP contribution in [0.15, 0.2) is 29.3 Å². The summed E-state index contributed by atoms with van der Waals surface area (Å²) in [6.07, 6.45) is 7.10. The third-order valence-corrected chi connectivity index (χ3v) is 5.51. The second-order valence-corrected chi connectivity index (χ2v) is 7.66. The Kier molecular flexibility index (Phi) is 9.77. The molecule has 1 aliphatic carbocycles. The maximum Gasteiger partial charge on any atom is 0.255 e. The number of nitrogens with one attached hydrogen (secondary N) is 2. The summed E-state index contributed by atoms with van der Waals surface area (Å²) in [7, 11) is 1.81. The van der Waals surface area contributed by atoms with Gasteiger partial charge >= 0.3 is 0 Å². The van der Waals surface area contributed by atoms with Gasteiger partial charge in [-0.1, -0.05) is 25.0 Å². The van der Waals surface area contributed by atoms with Crippen LogP contribution in [0, 0.1) is 5.41 Å². The van der Waals surface area contributed by atoms with Gasteiger partial charge in [-0.3, -0.25) is 9.79 Å². The van der Waals surface area contributed by atoms with Gasteiger partial charge in [0, 0.05) is 33.4 Å². The molecule has 0 heterocycles. The van der Waals surface area contributed by atoms with Crippen LogP contribution in [0.2, 0.25) is 0 Å². The highest BCUT2D eigenvalue weighted by atomic mass is 16.5. The van der Waals surface area contributed by atoms with Crippen LogP contribution in [-0.4, -0.2) is 51.8 Å². The van der Waals surface area contributed by atoms with Gasteiger partial charge in [-0.2, -0.15) is 0 Å². The molecular formula is C22H36N4O3. The molecule has 1 saturated carbocycles. The third kappa shape index (κ3) is 8.31. The molecule has 0 aliphatic heterocycles. The van der Waals surface area contributed by atoms with Crippen molar-refractivity contribution in [3.05, 3.63) is 29.8 Å². The van der Waals surface area contributed by atoms with Gasteiger partial charge in [-0.15, -0.1) is 0 Å². The lowest BCUT2D eigenvalue weighted by molar-refractivity contribution is -0.119. The highest BCUT2D eigenvalue weighted by molar-refractivity contribution is 5.79. The first kappa shape index (κ1) is 23.0. The van der Waals surface area contributed by atoms with Crippen molar-refractivity contribution < 1.29 is 14.3 Å². The third-order valence-electron chi connectivity index (χ3n) is 5.51. The molecule has 0 atom stereocenters. The highest BCUT2D eigenvalue weighted by Gasteiger charge is 2.33. The Morgan fingerprint density at radius 2 is 1.93 bits per heavy atom. The zero-order valence-electron chi connectivity index (χ0n) is 17.8. The predicted molar refractivity (Wildman–Crippen MR) is 116 cm³/mol. The van der Waals surface area contributed by atoms with E-state index >= 15 is 0 Å². The van der Waals surface area contributed by atoms with Crippen LogP contribution in [0.3, 0.4) is 0 Å². The summed E-state index contributed by atoms with van der Waals surface area (Å²) in [5.74, 6) is 1.01. The number of carbonyl (C=O) groups is 1. The van der Waals surface area contributed by atoms with Gasteiger partial charge in [-0.05, 0) is 55.7 Å². The zero-order valence-corrected chi connectivity index (χ0v) is 17.8. The van der Waals surface area contributed by atoms with Crippen LogP contribution >= 0.6 is 0 Å². The molecule has 0 spiro atoms. The van der Waals surface area contributed by atoms with E-state index in [4.69, 9.17) is 15.2 Å². The largest absolute Gasteiger partial charge is 0.484 e. The smallest absolute Gasteiger partial charge is 0.255 e. The summed E-state index contributed by atoms with van der Waals surface area (Å²) in [5.41, 5.74) is 6.60. The van der Waals surface area contributed by atoms with E-state index < -0.39 is 5.91 Å². The number of carbonyl (C=O) groups excluding carboxylic acids is 1. The molecule has 1 aromatic carbocycles. The lowest BCUT2D eigenvalue weighted by Gasteiger charge is -2.30. The lowest BCUT2D eigenvalue weighted by atomic mass is 9.83. The lowest BCUT2D eigenvalue weighted by Crippen LogP contribution is -2.44. The number of nitrogens with zero attached hydrogens (tertiary/aromatic N) is 1. The summed E-state index contributed by atoms with van der Waals surface area (Å²) in [6.45, 7) is 5.29. The molecule has 0 unspecified atom stereocenters. The standard InChI is InChI=1S/C22H36N4O3/c1-3-28-15-13-22(11-4-5-12-22)17-26-21(24-2)25-14-10-18-6-8-19(9-7-18)29-16-20(23)27/h6-9H,3-5,10-17H2,1-2H3,(H2,23,27)(H2,24,25,26). The Balaban J connectivity index is 1.73. The Morgan fingerprint density at radius 1 is 1.21 bits per heavy atom. The Labute approximate surface area is 174 Å². The molecule has 0 bridgehead atoms. The van der Waals surface area contributed by atoms with E-state index in [9.17, 15) is 4.79 Å². The van der Waals surface area contributed by atoms with E-state index in [1.54, 1.807) is 0 Å². The van der Waals surface area contributed by atoms with Gasteiger partial charge in [0.15, 0.2) is 12.6 Å². The number of hydrogen-bond acceptors (Lipinski definition) is 4. The van der Waals surface area contributed by atoms with E-state index in [0.717, 1.165) is 45.1 Å². The number of benzene rings is 1. The fraction of sp³-hybridized carbons (Fsp3) is 0.636. The first-order valence-corrected chi connectivity index (χ1v) is 10.6. The van der Waals surface area contributed by atoms with Crippen molar-refractivity contribution in [1.82, 2.24) is 10.6 Å². The summed E-state index contributed by atoms with van der Waals surface area (Å²) < 4.78 is 10.9. The van der Waals surface area contributed by atoms with E-state index in [-0.39, 0.29) is 6.61 Å². The van der Waals surface area contributed by atoms with Gasteiger partial charge in [0.05, 0.1) is 0 Å². The van der Waals surface area contributed by atoms with Gasteiger partial charge in [0.25, 0.3) is 5.91 Å². The van der Waals surface area contributed by atoms with Crippen molar-refractivity contribution in [2.75, 3.05) is 40.0 Å². The van der Waals surface area contributed by atoms with Crippen molar-refractivity contribution in [2.45, 2.75) is 45.4 Å². The number of amides is 1. The quantitative estimate of drug-likeness (QED) is 0.282. The number of hydrogen-bond donors (Lipinski definition) is 3. The second-order valence-electron chi connectivity index (χ2n) is 7.66. The molecule has 0 aromatic heterocycles. The maximum absolute atomic E-state index is 10.8. The van der Waals surface area contributed by atoms with Crippen LogP contribution in [-0.2, 0) is 16.0 Å². The fourth-order valence-corrected chi connectivity index (χ4v) is 3.80. The molecule has 29 heavy (non-hydrogen) atoms. The molecule has 7 nitrogen and oxygen atoms in total. The molecule has 1 fully saturated rings. The van der Waals surface area contributed by atoms with Crippen molar-refractivity contribution in [3.63, 3.8) is 0 Å². The molecule has 0 radical (unpaired) electrons. The van der Waals surface area contributed by atoms with Crippen LogP contribution in [0.4, 0.5) is 0 Å². The Morgan fingerprint density at radius 3 is 2.55 bits per heavy atom. The van der Waals surface area contributed by atoms with E-state index in [0.29, 0.717) is 11.2 Å². The summed E-state index contributed by atoms with van der Waals surface area (Å²) in [5, 5.41) is 6.92. The first-order valence-electron chi connectivity index (χ1n) is 10.6. The number of nitrogens with two attached hydrogens (primary N) is 1. The van der Waals surface area contributed by atoms with Gasteiger partial charge in [0.2, 0.25) is 0 Å². The van der Waals surface area contributed by atoms with Crippen molar-refractivity contribution in [3.8, 4) is 5.75 Å². The Bertz CT molecular complexity index is 640. The SMILES string of the molecule is CCOCCC1(CNC(=NC)NCCc2ccc(OCC(N)=O)cc2)CCCC1. The number of primary amides is 1. The second kappa shape index (κ2) is 12.3. The number of aliphatic imine (C=N–C) groups is 1. The molecule has 7 heteroatoms. The van der Waals surface area contributed by atoms with Gasteiger partial charge < -0.3 is 25.8 Å². The van der Waals surface area contributed by atoms with Gasteiger partial charge in [-0.25, -0.2) is 0 Å². The van der Waals surface area contributed by atoms with E-state index in [1.807, 2.05) is 38.2 Å². The average Bonchev–Trinajstić information content (AvgIpc) is 3.19. The fourth-order valence-electron chi connectivity index (χ4n) is 3.80. The van der Waals surface area contributed by atoms with Crippen LogP contribution in [0.25, 0.3) is 0 Å². The van der Waals surface area contributed by atoms with Crippen molar-refractivity contribution in [2.24, 2.45) is 16.1 Å². The molecule has 0 saturated heterocycles. The normalized spacial score (nSPS) is 15.9. The Hall–Kier alpha value is -2.28. The van der Waals surface area contributed by atoms with Crippen LogP contribution in [0.5, 0.6) is 5.75 Å². The van der Waals surface area contributed by atoms with Crippen molar-refractivity contribution in [1.29, 1.82) is 0 Å². The molecule has 1 aliphatic rings. The summed E-state index contributed by atoms with van der Waals surface area (Å²) in [6, 6.07) is 7.70. The average molecular weight is 405 g/mol. The zero-order chi connectivity index (χ0) is 21.0. The van der Waals surface area contributed by atoms with Crippen molar-refractivity contribution >= 4 is 11.9 Å². The van der Waals surface area contributed by atoms with Crippen LogP contribution in [0.1, 0.15) is 44.6 Å².